The number of aryl methyl sites for hydroxylation is 2. The fourth-order valence-corrected chi connectivity index (χ4v) is 1.90. The van der Waals surface area contributed by atoms with Gasteiger partial charge in [-0.05, 0) is 48.7 Å². The number of hydrogen-bond acceptors (Lipinski definition) is 3. The molecule has 0 radical (unpaired) electrons. The normalized spacial score (nSPS) is 11.1. The minimum absolute atomic E-state index is 0.156. The summed E-state index contributed by atoms with van der Waals surface area (Å²) in [6.45, 7) is 5.02. The minimum Gasteiger partial charge on any atom is -0.496 e. The quantitative estimate of drug-likeness (QED) is 0.813. The second-order valence-electron chi connectivity index (χ2n) is 4.23. The molecule has 0 unspecified atom stereocenters. The molecule has 2 N–H and O–H groups in total. The Morgan fingerprint density at radius 1 is 1.26 bits per heavy atom. The van der Waals surface area contributed by atoms with E-state index in [0.717, 1.165) is 16.9 Å². The predicted molar refractivity (Wildman–Crippen MR) is 71.9 cm³/mol. The molecule has 0 fully saturated rings. The Labute approximate surface area is 111 Å². The molecule has 0 atom stereocenters. The number of benzene rings is 1. The van der Waals surface area contributed by atoms with Crippen LogP contribution in [-0.2, 0) is 9.59 Å². The lowest BCUT2D eigenvalue weighted by Crippen LogP contribution is -2.24. The predicted octanol–water partition coefficient (Wildman–Crippen LogP) is 1.87. The van der Waals surface area contributed by atoms with E-state index in [-0.39, 0.29) is 5.70 Å². The van der Waals surface area contributed by atoms with Crippen LogP contribution in [0.4, 0.5) is 0 Å². The highest BCUT2D eigenvalue weighted by Crippen LogP contribution is 2.25. The van der Waals surface area contributed by atoms with Gasteiger partial charge in [0, 0.05) is 6.92 Å². The molecule has 5 heteroatoms. The summed E-state index contributed by atoms with van der Waals surface area (Å²) in [5.74, 6) is -0.828. The molecule has 0 saturated heterocycles. The maximum absolute atomic E-state index is 11.0. The van der Waals surface area contributed by atoms with Gasteiger partial charge in [-0.15, -0.1) is 0 Å². The molecule has 19 heavy (non-hydrogen) atoms. The van der Waals surface area contributed by atoms with E-state index in [0.29, 0.717) is 5.56 Å². The summed E-state index contributed by atoms with van der Waals surface area (Å²) in [6.07, 6.45) is 1.42. The second kappa shape index (κ2) is 6.04. The van der Waals surface area contributed by atoms with Crippen molar-refractivity contribution in [2.24, 2.45) is 0 Å². The largest absolute Gasteiger partial charge is 0.496 e. The van der Waals surface area contributed by atoms with Crippen LogP contribution in [0.25, 0.3) is 6.08 Å². The molecule has 1 amide bonds. The van der Waals surface area contributed by atoms with Gasteiger partial charge in [-0.3, -0.25) is 4.79 Å². The zero-order valence-electron chi connectivity index (χ0n) is 11.4. The smallest absolute Gasteiger partial charge is 0.352 e. The van der Waals surface area contributed by atoms with Gasteiger partial charge in [-0.25, -0.2) is 4.79 Å². The number of carboxylic acids is 1. The Hall–Kier alpha value is -2.30. The summed E-state index contributed by atoms with van der Waals surface area (Å²) in [6, 6.07) is 3.60. The second-order valence-corrected chi connectivity index (χ2v) is 4.23. The zero-order valence-corrected chi connectivity index (χ0v) is 11.4. The molecule has 5 nitrogen and oxygen atoms in total. The van der Waals surface area contributed by atoms with Crippen LogP contribution >= 0.6 is 0 Å². The van der Waals surface area contributed by atoms with Gasteiger partial charge in [-0.2, -0.15) is 0 Å². The van der Waals surface area contributed by atoms with E-state index >= 15 is 0 Å². The lowest BCUT2D eigenvalue weighted by Gasteiger charge is -2.10. The van der Waals surface area contributed by atoms with Crippen LogP contribution in [0.1, 0.15) is 23.6 Å². The summed E-state index contributed by atoms with van der Waals surface area (Å²) in [4.78, 5) is 22.0. The molecular weight excluding hydrogens is 246 g/mol. The van der Waals surface area contributed by atoms with Crippen LogP contribution in [0.3, 0.4) is 0 Å². The van der Waals surface area contributed by atoms with Gasteiger partial charge < -0.3 is 15.2 Å². The first-order valence-electron chi connectivity index (χ1n) is 5.73. The van der Waals surface area contributed by atoms with Gasteiger partial charge in [0.05, 0.1) is 7.11 Å². The molecule has 0 aliphatic carbocycles. The van der Waals surface area contributed by atoms with Gasteiger partial charge in [0.2, 0.25) is 5.91 Å². The number of carbonyl (C=O) groups excluding carboxylic acids is 1. The summed E-state index contributed by atoms with van der Waals surface area (Å²) >= 11 is 0. The third-order valence-electron chi connectivity index (χ3n) is 2.54. The SMILES string of the molecule is COc1c(C)cc(C=C(NC(C)=O)C(=O)O)cc1C. The number of nitrogens with one attached hydrogen (secondary N) is 1. The molecule has 1 aromatic carbocycles. The van der Waals surface area contributed by atoms with E-state index in [2.05, 4.69) is 5.32 Å². The number of aliphatic carboxylic acids is 1. The van der Waals surface area contributed by atoms with E-state index < -0.39 is 11.9 Å². The molecule has 1 rings (SSSR count). The highest BCUT2D eigenvalue weighted by Gasteiger charge is 2.10. The van der Waals surface area contributed by atoms with Crippen LogP contribution in [0, 0.1) is 13.8 Å². The fraction of sp³-hybridized carbons (Fsp3) is 0.286. The van der Waals surface area contributed by atoms with Gasteiger partial charge >= 0.3 is 5.97 Å². The third kappa shape index (κ3) is 3.84. The van der Waals surface area contributed by atoms with Crippen LogP contribution in [0.15, 0.2) is 17.8 Å². The molecule has 0 heterocycles. The summed E-state index contributed by atoms with van der Waals surface area (Å²) in [5.41, 5.74) is 2.35. The summed E-state index contributed by atoms with van der Waals surface area (Å²) in [5, 5.41) is 11.3. The van der Waals surface area contributed by atoms with Crippen LogP contribution in [0.5, 0.6) is 5.75 Å². The number of rotatable bonds is 4. The minimum atomic E-state index is -1.18. The van der Waals surface area contributed by atoms with E-state index in [1.807, 2.05) is 13.8 Å². The Kier molecular flexibility index (Phi) is 4.69. The number of carboxylic acid groups (broad SMARTS) is 1. The van der Waals surface area contributed by atoms with E-state index in [9.17, 15) is 9.59 Å². The first kappa shape index (κ1) is 14.8. The van der Waals surface area contributed by atoms with E-state index in [1.54, 1.807) is 19.2 Å². The van der Waals surface area contributed by atoms with Crippen molar-refractivity contribution in [3.63, 3.8) is 0 Å². The lowest BCUT2D eigenvalue weighted by molar-refractivity contribution is -0.134. The first-order chi connectivity index (χ1) is 8.85. The molecular formula is C14H17NO4. The fourth-order valence-electron chi connectivity index (χ4n) is 1.90. The maximum Gasteiger partial charge on any atom is 0.352 e. The molecule has 0 aliphatic heterocycles. The number of hydrogen-bond donors (Lipinski definition) is 2. The molecule has 0 spiro atoms. The average molecular weight is 263 g/mol. The Balaban J connectivity index is 3.22. The molecule has 0 saturated carbocycles. The number of ether oxygens (including phenoxy) is 1. The third-order valence-corrected chi connectivity index (χ3v) is 2.54. The lowest BCUT2D eigenvalue weighted by atomic mass is 10.0. The van der Waals surface area contributed by atoms with Crippen molar-refractivity contribution in [3.8, 4) is 5.75 Å². The number of amides is 1. The molecule has 0 aromatic heterocycles. The van der Waals surface area contributed by atoms with Crippen molar-refractivity contribution < 1.29 is 19.4 Å². The molecule has 102 valence electrons. The number of methoxy groups -OCH3 is 1. The van der Waals surface area contributed by atoms with Crippen LogP contribution in [0.2, 0.25) is 0 Å². The highest BCUT2D eigenvalue weighted by atomic mass is 16.5. The average Bonchev–Trinajstić information content (AvgIpc) is 2.27. The van der Waals surface area contributed by atoms with Crippen LogP contribution in [-0.4, -0.2) is 24.1 Å². The van der Waals surface area contributed by atoms with E-state index in [4.69, 9.17) is 9.84 Å². The highest BCUT2D eigenvalue weighted by molar-refractivity contribution is 5.96. The van der Waals surface area contributed by atoms with Gasteiger partial charge in [0.25, 0.3) is 0 Å². The zero-order chi connectivity index (χ0) is 14.6. The molecule has 0 aliphatic rings. The van der Waals surface area contributed by atoms with Crippen molar-refractivity contribution in [1.82, 2.24) is 5.32 Å². The van der Waals surface area contributed by atoms with Crippen LogP contribution < -0.4 is 10.1 Å². The maximum atomic E-state index is 11.0. The van der Waals surface area contributed by atoms with E-state index in [1.165, 1.54) is 13.0 Å². The van der Waals surface area contributed by atoms with Crippen molar-refractivity contribution in [2.75, 3.05) is 7.11 Å². The monoisotopic (exact) mass is 263 g/mol. The standard InChI is InChI=1S/C14H17NO4/c1-8-5-11(6-9(2)13(8)19-4)7-12(14(17)18)15-10(3)16/h5-7H,1-4H3,(H,15,16)(H,17,18). The Morgan fingerprint density at radius 3 is 2.16 bits per heavy atom. The Morgan fingerprint density at radius 2 is 1.79 bits per heavy atom. The van der Waals surface area contributed by atoms with Gasteiger partial charge in [-0.1, -0.05) is 0 Å². The molecule has 1 aromatic rings. The topological polar surface area (TPSA) is 75.6 Å². The summed E-state index contributed by atoms with van der Waals surface area (Å²) in [7, 11) is 1.59. The summed E-state index contributed by atoms with van der Waals surface area (Å²) < 4.78 is 5.24. The first-order valence-corrected chi connectivity index (χ1v) is 5.73. The Bertz CT molecular complexity index is 523. The van der Waals surface area contributed by atoms with Gasteiger partial charge in [0.15, 0.2) is 0 Å². The van der Waals surface area contributed by atoms with Crippen molar-refractivity contribution in [3.05, 3.63) is 34.5 Å². The van der Waals surface area contributed by atoms with Crippen molar-refractivity contribution >= 4 is 18.0 Å². The van der Waals surface area contributed by atoms with Crippen molar-refractivity contribution in [1.29, 1.82) is 0 Å². The van der Waals surface area contributed by atoms with Gasteiger partial charge in [0.1, 0.15) is 11.4 Å². The van der Waals surface area contributed by atoms with Crippen molar-refractivity contribution in [2.45, 2.75) is 20.8 Å². The molecule has 0 bridgehead atoms. The number of carbonyl (C=O) groups is 2.